The third-order valence-electron chi connectivity index (χ3n) is 1.92. The summed E-state index contributed by atoms with van der Waals surface area (Å²) in [7, 11) is -3.41. The Morgan fingerprint density at radius 2 is 1.73 bits per heavy atom. The van der Waals surface area contributed by atoms with Crippen LogP contribution in [0, 0.1) is 0 Å². The fourth-order valence-electron chi connectivity index (χ4n) is 1.22. The topological polar surface area (TPSA) is 60.2 Å². The maximum Gasteiger partial charge on any atom is 0.209 e. The normalized spacial score (nSPS) is 11.7. The van der Waals surface area contributed by atoms with Crippen LogP contribution in [-0.4, -0.2) is 14.2 Å². The molecule has 0 aliphatic heterocycles. The molecule has 0 bridgehead atoms. The van der Waals surface area contributed by atoms with Crippen LogP contribution in [0.5, 0.6) is 0 Å². The number of nitrogens with two attached hydrogens (primary N) is 1. The zero-order valence-corrected chi connectivity index (χ0v) is 10.2. The number of rotatable bonds is 4. The van der Waals surface area contributed by atoms with Crippen LogP contribution in [-0.2, 0) is 16.4 Å². The lowest BCUT2D eigenvalue weighted by Gasteiger charge is -2.05. The molecule has 0 heterocycles. The highest BCUT2D eigenvalue weighted by molar-refractivity contribution is 7.89. The van der Waals surface area contributed by atoms with Gasteiger partial charge in [-0.15, -0.1) is 0 Å². The van der Waals surface area contributed by atoms with Crippen LogP contribution < -0.4 is 5.14 Å². The minimum Gasteiger partial charge on any atom is -0.229 e. The predicted octanol–water partition coefficient (Wildman–Crippen LogP) is 2.21. The summed E-state index contributed by atoms with van der Waals surface area (Å²) in [5, 5.41) is 5.99. The van der Waals surface area contributed by atoms with Gasteiger partial charge < -0.3 is 0 Å². The Hall–Kier alpha value is -0.290. The number of sulfonamides is 1. The van der Waals surface area contributed by atoms with Gasteiger partial charge in [0.2, 0.25) is 10.0 Å². The molecule has 3 nitrogen and oxygen atoms in total. The summed E-state index contributed by atoms with van der Waals surface area (Å²) in [5.74, 6) is -0.0610. The average Bonchev–Trinajstić information content (AvgIpc) is 2.08. The van der Waals surface area contributed by atoms with Crippen LogP contribution in [0.15, 0.2) is 18.2 Å². The minimum absolute atomic E-state index is 0.0610. The van der Waals surface area contributed by atoms with Crippen molar-refractivity contribution in [3.8, 4) is 0 Å². The Morgan fingerprint density at radius 3 is 2.20 bits per heavy atom. The predicted molar refractivity (Wildman–Crippen MR) is 62.8 cm³/mol. The molecular formula is C9H11Cl2NO2S. The van der Waals surface area contributed by atoms with E-state index >= 15 is 0 Å². The van der Waals surface area contributed by atoms with Crippen LogP contribution >= 0.6 is 23.2 Å². The average molecular weight is 268 g/mol. The van der Waals surface area contributed by atoms with E-state index < -0.39 is 10.0 Å². The molecule has 0 aliphatic carbocycles. The van der Waals surface area contributed by atoms with Crippen molar-refractivity contribution in [3.05, 3.63) is 33.8 Å². The molecule has 0 aliphatic rings. The van der Waals surface area contributed by atoms with Crippen molar-refractivity contribution in [1.29, 1.82) is 0 Å². The highest BCUT2D eigenvalue weighted by atomic mass is 35.5. The van der Waals surface area contributed by atoms with E-state index in [1.807, 2.05) is 0 Å². The van der Waals surface area contributed by atoms with E-state index in [1.54, 1.807) is 18.2 Å². The van der Waals surface area contributed by atoms with Gasteiger partial charge in [-0.1, -0.05) is 29.3 Å². The molecule has 84 valence electrons. The summed E-state index contributed by atoms with van der Waals surface area (Å²) in [6, 6.07) is 5.19. The molecule has 1 rings (SSSR count). The molecule has 0 saturated carbocycles. The molecule has 0 fully saturated rings. The fourth-order valence-corrected chi connectivity index (χ4v) is 2.35. The van der Waals surface area contributed by atoms with Gasteiger partial charge in [0.15, 0.2) is 0 Å². The van der Waals surface area contributed by atoms with Gasteiger partial charge in [-0.25, -0.2) is 13.6 Å². The van der Waals surface area contributed by atoms with E-state index in [1.165, 1.54) is 0 Å². The van der Waals surface area contributed by atoms with Crippen LogP contribution in [0.2, 0.25) is 10.0 Å². The Kier molecular flexibility index (Phi) is 4.40. The zero-order chi connectivity index (χ0) is 11.5. The maximum atomic E-state index is 10.7. The Labute approximate surface area is 99.2 Å². The lowest BCUT2D eigenvalue weighted by atomic mass is 10.1. The lowest BCUT2D eigenvalue weighted by molar-refractivity contribution is 0.595. The van der Waals surface area contributed by atoms with E-state index in [0.717, 1.165) is 5.56 Å². The molecule has 0 atom stereocenters. The molecule has 6 heteroatoms. The molecule has 0 amide bonds. The molecule has 1 aromatic carbocycles. The first-order valence-electron chi connectivity index (χ1n) is 4.33. The molecule has 0 saturated heterocycles. The zero-order valence-electron chi connectivity index (χ0n) is 7.91. The monoisotopic (exact) mass is 267 g/mol. The van der Waals surface area contributed by atoms with Crippen molar-refractivity contribution in [2.24, 2.45) is 5.14 Å². The molecule has 0 spiro atoms. The third-order valence-corrected chi connectivity index (χ3v) is 3.48. The highest BCUT2D eigenvalue weighted by Crippen LogP contribution is 2.25. The SMILES string of the molecule is NS(=O)(=O)CCCc1c(Cl)cccc1Cl. The van der Waals surface area contributed by atoms with E-state index in [-0.39, 0.29) is 5.75 Å². The third kappa shape index (κ3) is 4.38. The van der Waals surface area contributed by atoms with Crippen LogP contribution in [0.4, 0.5) is 0 Å². The number of benzene rings is 1. The Balaban J connectivity index is 2.66. The molecule has 0 aromatic heterocycles. The second-order valence-electron chi connectivity index (χ2n) is 3.17. The van der Waals surface area contributed by atoms with Crippen molar-refractivity contribution in [2.75, 3.05) is 5.75 Å². The molecule has 2 N–H and O–H groups in total. The summed E-state index contributed by atoms with van der Waals surface area (Å²) in [5.41, 5.74) is 0.768. The summed E-state index contributed by atoms with van der Waals surface area (Å²) in [6.07, 6.45) is 0.928. The van der Waals surface area contributed by atoms with Crippen LogP contribution in [0.25, 0.3) is 0 Å². The van der Waals surface area contributed by atoms with E-state index in [0.29, 0.717) is 22.9 Å². The quantitative estimate of drug-likeness (QED) is 0.910. The highest BCUT2D eigenvalue weighted by Gasteiger charge is 2.07. The van der Waals surface area contributed by atoms with Crippen molar-refractivity contribution in [2.45, 2.75) is 12.8 Å². The van der Waals surface area contributed by atoms with Crippen LogP contribution in [0.3, 0.4) is 0 Å². The lowest BCUT2D eigenvalue weighted by Crippen LogP contribution is -2.16. The number of halogens is 2. The van der Waals surface area contributed by atoms with Gasteiger partial charge in [0.25, 0.3) is 0 Å². The fraction of sp³-hybridized carbons (Fsp3) is 0.333. The van der Waals surface area contributed by atoms with Crippen molar-refractivity contribution >= 4 is 33.2 Å². The summed E-state index contributed by atoms with van der Waals surface area (Å²) in [4.78, 5) is 0. The van der Waals surface area contributed by atoms with Gasteiger partial charge in [-0.05, 0) is 30.5 Å². The first-order chi connectivity index (χ1) is 6.90. The summed E-state index contributed by atoms with van der Waals surface area (Å²) in [6.45, 7) is 0. The number of primary sulfonamides is 1. The van der Waals surface area contributed by atoms with E-state index in [2.05, 4.69) is 0 Å². The second-order valence-corrected chi connectivity index (χ2v) is 5.72. The second kappa shape index (κ2) is 5.16. The number of hydrogen-bond acceptors (Lipinski definition) is 2. The molecule has 0 unspecified atom stereocenters. The smallest absolute Gasteiger partial charge is 0.209 e. The van der Waals surface area contributed by atoms with Gasteiger partial charge in [0, 0.05) is 10.0 Å². The standard InChI is InChI=1S/C9H11Cl2NO2S/c10-8-4-1-5-9(11)7(8)3-2-6-15(12,13)14/h1,4-5H,2-3,6H2,(H2,12,13,14). The first-order valence-corrected chi connectivity index (χ1v) is 6.80. The van der Waals surface area contributed by atoms with Gasteiger partial charge in [-0.3, -0.25) is 0 Å². The summed E-state index contributed by atoms with van der Waals surface area (Å²) >= 11 is 11.8. The molecular weight excluding hydrogens is 257 g/mol. The first kappa shape index (κ1) is 12.8. The van der Waals surface area contributed by atoms with Gasteiger partial charge in [-0.2, -0.15) is 0 Å². The largest absolute Gasteiger partial charge is 0.229 e. The molecule has 0 radical (unpaired) electrons. The van der Waals surface area contributed by atoms with Crippen molar-refractivity contribution in [1.82, 2.24) is 0 Å². The van der Waals surface area contributed by atoms with Gasteiger partial charge >= 0.3 is 0 Å². The van der Waals surface area contributed by atoms with Crippen molar-refractivity contribution in [3.63, 3.8) is 0 Å². The minimum atomic E-state index is -3.41. The molecule has 1 aromatic rings. The maximum absolute atomic E-state index is 10.7. The van der Waals surface area contributed by atoms with E-state index in [9.17, 15) is 8.42 Å². The molecule has 15 heavy (non-hydrogen) atoms. The van der Waals surface area contributed by atoms with Gasteiger partial charge in [0.1, 0.15) is 0 Å². The summed E-state index contributed by atoms with van der Waals surface area (Å²) < 4.78 is 21.4. The number of hydrogen-bond donors (Lipinski definition) is 1. The van der Waals surface area contributed by atoms with Crippen molar-refractivity contribution < 1.29 is 8.42 Å². The Bertz CT molecular complexity index is 425. The van der Waals surface area contributed by atoms with Crippen LogP contribution in [0.1, 0.15) is 12.0 Å². The van der Waals surface area contributed by atoms with Gasteiger partial charge in [0.05, 0.1) is 5.75 Å². The van der Waals surface area contributed by atoms with E-state index in [4.69, 9.17) is 28.3 Å². The Morgan fingerprint density at radius 1 is 1.20 bits per heavy atom.